The number of rotatable bonds is 0. The van der Waals surface area contributed by atoms with Gasteiger partial charge in [0.05, 0.1) is 7.05 Å². The zero-order valence-electron chi connectivity index (χ0n) is 7.03. The number of carbonyl (C=O) groups excluding carboxylic acids is 1. The van der Waals surface area contributed by atoms with Gasteiger partial charge in [0.1, 0.15) is 0 Å². The van der Waals surface area contributed by atoms with E-state index in [1.54, 1.807) is 37.7 Å². The number of carbonyl (C=O) groups is 1. The number of quaternary nitrogens is 1. The van der Waals surface area contributed by atoms with Crippen LogP contribution in [-0.4, -0.2) is 42.9 Å². The number of hydrogen-bond acceptors (Lipinski definition) is 1. The van der Waals surface area contributed by atoms with Gasteiger partial charge in [-0.15, -0.1) is 4.48 Å². The van der Waals surface area contributed by atoms with Gasteiger partial charge in [0, 0.05) is 14.1 Å². The van der Waals surface area contributed by atoms with Crippen LogP contribution in [0.25, 0.3) is 0 Å². The molecule has 1 heterocycles. The van der Waals surface area contributed by atoms with E-state index in [9.17, 15) is 4.79 Å². The first-order valence-electron chi connectivity index (χ1n) is 3.42. The lowest BCUT2D eigenvalue weighted by molar-refractivity contribution is -0.683. The SMILES string of the molecule is CN(C)C(=O)[N+]1(C)C=C[NH+]=C1. The molecule has 1 unspecified atom stereocenters. The Kier molecular flexibility index (Phi) is 1.78. The van der Waals surface area contributed by atoms with Gasteiger partial charge in [-0.1, -0.05) is 0 Å². The third-order valence-corrected chi connectivity index (χ3v) is 1.62. The van der Waals surface area contributed by atoms with Gasteiger partial charge in [-0.3, -0.25) is 4.90 Å². The molecule has 0 bridgehead atoms. The van der Waals surface area contributed by atoms with Gasteiger partial charge < -0.3 is 0 Å². The minimum atomic E-state index is 0.0336. The van der Waals surface area contributed by atoms with Crippen molar-refractivity contribution in [3.63, 3.8) is 0 Å². The molecule has 1 N–H and O–H groups in total. The smallest absolute Gasteiger partial charge is 0.298 e. The molecule has 0 aromatic heterocycles. The molecule has 0 saturated heterocycles. The summed E-state index contributed by atoms with van der Waals surface area (Å²) in [5, 5.41) is 0. The van der Waals surface area contributed by atoms with E-state index < -0.39 is 0 Å². The fourth-order valence-corrected chi connectivity index (χ4v) is 0.989. The number of nitrogens with zero attached hydrogens (tertiary/aromatic N) is 2. The van der Waals surface area contributed by atoms with Gasteiger partial charge in [-0.05, 0) is 0 Å². The molecule has 1 rings (SSSR count). The molecule has 1 aliphatic rings. The summed E-state index contributed by atoms with van der Waals surface area (Å²) >= 11 is 0. The Morgan fingerprint density at radius 2 is 2.18 bits per heavy atom. The summed E-state index contributed by atoms with van der Waals surface area (Å²) in [5.74, 6) is 0. The number of urea groups is 1. The van der Waals surface area contributed by atoms with Crippen molar-refractivity contribution in [2.75, 3.05) is 21.1 Å². The molecule has 1 aliphatic heterocycles. The highest BCUT2D eigenvalue weighted by Crippen LogP contribution is 2.03. The van der Waals surface area contributed by atoms with Crippen molar-refractivity contribution in [1.82, 2.24) is 4.90 Å². The van der Waals surface area contributed by atoms with Crippen molar-refractivity contribution in [2.45, 2.75) is 0 Å². The number of nitrogens with one attached hydrogen (secondary N) is 1. The summed E-state index contributed by atoms with van der Waals surface area (Å²) in [4.78, 5) is 15.9. The fourth-order valence-electron chi connectivity index (χ4n) is 0.989. The summed E-state index contributed by atoms with van der Waals surface area (Å²) < 4.78 is 0.187. The summed E-state index contributed by atoms with van der Waals surface area (Å²) in [6.45, 7) is 0. The Labute approximate surface area is 66.0 Å². The standard InChI is InChI=1S/C7H12N3O/c1-9(2)7(11)10(3)5-4-8-6-10/h4-6H,1-3H3/q+1/p+1. The maximum Gasteiger partial charge on any atom is 0.432 e. The van der Waals surface area contributed by atoms with E-state index in [1.165, 1.54) is 0 Å². The Hall–Kier alpha value is -1.16. The highest BCUT2D eigenvalue weighted by molar-refractivity contribution is 5.74. The van der Waals surface area contributed by atoms with Crippen molar-refractivity contribution >= 4 is 12.4 Å². The van der Waals surface area contributed by atoms with Crippen molar-refractivity contribution in [2.24, 2.45) is 0 Å². The fraction of sp³-hybridized carbons (Fsp3) is 0.429. The van der Waals surface area contributed by atoms with E-state index in [0.717, 1.165) is 0 Å². The maximum atomic E-state index is 11.4. The molecule has 4 nitrogen and oxygen atoms in total. The topological polar surface area (TPSA) is 34.3 Å². The third-order valence-electron chi connectivity index (χ3n) is 1.62. The average Bonchev–Trinajstić information content (AvgIpc) is 2.35. The van der Waals surface area contributed by atoms with Gasteiger partial charge in [0.15, 0.2) is 6.20 Å². The predicted molar refractivity (Wildman–Crippen MR) is 41.4 cm³/mol. The molecule has 0 fully saturated rings. The Morgan fingerprint density at radius 3 is 2.55 bits per heavy atom. The third kappa shape index (κ3) is 1.30. The summed E-state index contributed by atoms with van der Waals surface area (Å²) in [6, 6.07) is 0.0336. The van der Waals surface area contributed by atoms with E-state index >= 15 is 0 Å². The van der Waals surface area contributed by atoms with Crippen molar-refractivity contribution < 1.29 is 14.3 Å². The first-order valence-corrected chi connectivity index (χ1v) is 3.42. The molecule has 0 aromatic rings. The first-order chi connectivity index (χ1) is 5.06. The second-order valence-electron chi connectivity index (χ2n) is 2.94. The van der Waals surface area contributed by atoms with Crippen LogP contribution in [0, 0.1) is 0 Å². The van der Waals surface area contributed by atoms with E-state index in [0.29, 0.717) is 0 Å². The van der Waals surface area contributed by atoms with Crippen LogP contribution >= 0.6 is 0 Å². The van der Waals surface area contributed by atoms with Crippen LogP contribution in [0.1, 0.15) is 0 Å². The van der Waals surface area contributed by atoms with Crippen LogP contribution in [0.3, 0.4) is 0 Å². The molecule has 11 heavy (non-hydrogen) atoms. The van der Waals surface area contributed by atoms with Crippen molar-refractivity contribution in [3.05, 3.63) is 12.4 Å². The molecule has 4 heteroatoms. The Bertz CT molecular complexity index is 218. The Morgan fingerprint density at radius 1 is 1.55 bits per heavy atom. The molecule has 0 spiro atoms. The molecular weight excluding hydrogens is 142 g/mol. The van der Waals surface area contributed by atoms with Gasteiger partial charge >= 0.3 is 12.4 Å². The lowest BCUT2D eigenvalue weighted by atomic mass is 10.6. The van der Waals surface area contributed by atoms with Crippen LogP contribution in [0.15, 0.2) is 12.4 Å². The molecule has 1 atom stereocenters. The average molecular weight is 155 g/mol. The zero-order chi connectivity index (χ0) is 8.48. The molecule has 2 amide bonds. The zero-order valence-corrected chi connectivity index (χ0v) is 7.03. The molecule has 60 valence electrons. The first kappa shape index (κ1) is 7.94. The molecule has 0 saturated carbocycles. The summed E-state index contributed by atoms with van der Waals surface area (Å²) in [5.41, 5.74) is 0. The summed E-state index contributed by atoms with van der Waals surface area (Å²) in [7, 11) is 5.30. The largest absolute Gasteiger partial charge is 0.432 e. The van der Waals surface area contributed by atoms with Crippen LogP contribution in [-0.2, 0) is 0 Å². The lowest BCUT2D eigenvalue weighted by Crippen LogP contribution is -2.64. The highest BCUT2D eigenvalue weighted by Gasteiger charge is 2.35. The highest BCUT2D eigenvalue weighted by atomic mass is 16.2. The quantitative estimate of drug-likeness (QED) is 0.434. The van der Waals surface area contributed by atoms with Crippen LogP contribution in [0.4, 0.5) is 4.79 Å². The van der Waals surface area contributed by atoms with E-state index in [2.05, 4.69) is 4.99 Å². The van der Waals surface area contributed by atoms with Crippen molar-refractivity contribution in [1.29, 1.82) is 0 Å². The predicted octanol–water partition coefficient (Wildman–Crippen LogP) is -1.29. The normalized spacial score (nSPS) is 27.5. The maximum absolute atomic E-state index is 11.4. The number of amides is 2. The molecular formula is C7H13N3O+2. The van der Waals surface area contributed by atoms with Gasteiger partial charge in [-0.2, -0.15) is 4.99 Å². The molecule has 0 aliphatic carbocycles. The van der Waals surface area contributed by atoms with E-state index in [4.69, 9.17) is 0 Å². The van der Waals surface area contributed by atoms with Gasteiger partial charge in [0.2, 0.25) is 6.20 Å². The second kappa shape index (κ2) is 2.47. The number of hydrogen-bond donors (Lipinski definition) is 1. The molecule has 0 radical (unpaired) electrons. The van der Waals surface area contributed by atoms with Crippen LogP contribution in [0.5, 0.6) is 0 Å². The second-order valence-corrected chi connectivity index (χ2v) is 2.94. The van der Waals surface area contributed by atoms with E-state index in [-0.39, 0.29) is 10.5 Å². The lowest BCUT2D eigenvalue weighted by Gasteiger charge is -2.19. The van der Waals surface area contributed by atoms with Crippen molar-refractivity contribution in [3.8, 4) is 0 Å². The monoisotopic (exact) mass is 155 g/mol. The minimum Gasteiger partial charge on any atom is -0.298 e. The van der Waals surface area contributed by atoms with E-state index in [1.807, 2.05) is 7.05 Å². The molecule has 0 aromatic carbocycles. The van der Waals surface area contributed by atoms with Crippen LogP contribution < -0.4 is 4.99 Å². The van der Waals surface area contributed by atoms with Crippen LogP contribution in [0.2, 0.25) is 0 Å². The van der Waals surface area contributed by atoms with Gasteiger partial charge in [-0.25, -0.2) is 4.79 Å². The minimum absolute atomic E-state index is 0.0336. The Balaban J connectivity index is 2.82. The summed E-state index contributed by atoms with van der Waals surface area (Å²) in [6.07, 6.45) is 5.27. The van der Waals surface area contributed by atoms with Gasteiger partial charge in [0.25, 0.3) is 0 Å².